The van der Waals surface area contributed by atoms with Crippen LogP contribution in [0.15, 0.2) is 0 Å². The highest BCUT2D eigenvalue weighted by atomic mass is 16.6. The van der Waals surface area contributed by atoms with Crippen LogP contribution < -0.4 is 0 Å². The summed E-state index contributed by atoms with van der Waals surface area (Å²) in [5.74, 6) is 0.171. The second-order valence-electron chi connectivity index (χ2n) is 3.42. The molecule has 0 spiro atoms. The Morgan fingerprint density at radius 2 is 1.62 bits per heavy atom. The van der Waals surface area contributed by atoms with Gasteiger partial charge in [-0.25, -0.2) is 0 Å². The molecule has 5 heteroatoms. The van der Waals surface area contributed by atoms with Gasteiger partial charge in [0.2, 0.25) is 0 Å². The van der Waals surface area contributed by atoms with E-state index in [0.29, 0.717) is 0 Å². The van der Waals surface area contributed by atoms with Gasteiger partial charge < -0.3 is 19.5 Å². The smallest absolute Gasteiger partial charge is 0.411 e. The number of aliphatic hydroxyl groups excluding tert-OH is 2. The van der Waals surface area contributed by atoms with E-state index in [-0.39, 0.29) is 19.1 Å². The lowest BCUT2D eigenvalue weighted by Gasteiger charge is -2.14. The van der Waals surface area contributed by atoms with Crippen molar-refractivity contribution in [3.05, 3.63) is 0 Å². The molecule has 2 N–H and O–H groups in total. The van der Waals surface area contributed by atoms with Gasteiger partial charge in [0.25, 0.3) is 0 Å². The van der Waals surface area contributed by atoms with Crippen LogP contribution in [0.2, 0.25) is 0 Å². The first-order valence-corrected chi connectivity index (χ1v) is 4.45. The van der Waals surface area contributed by atoms with E-state index in [9.17, 15) is 5.11 Å². The maximum Gasteiger partial charge on any atom is 0.488 e. The Bertz CT molecular complexity index is 119. The summed E-state index contributed by atoms with van der Waals surface area (Å²) in [6.07, 6.45) is -0.985. The quantitative estimate of drug-likeness (QED) is 0.435. The molecule has 0 aromatic carbocycles. The Labute approximate surface area is 80.2 Å². The van der Waals surface area contributed by atoms with Crippen molar-refractivity contribution in [1.82, 2.24) is 0 Å². The Kier molecular flexibility index (Phi) is 7.27. The van der Waals surface area contributed by atoms with Crippen LogP contribution >= 0.6 is 0 Å². The van der Waals surface area contributed by atoms with Crippen molar-refractivity contribution >= 4 is 7.69 Å². The van der Waals surface area contributed by atoms with E-state index in [4.69, 9.17) is 14.4 Å². The molecule has 0 saturated heterocycles. The third-order valence-electron chi connectivity index (χ3n) is 1.51. The molecule has 13 heavy (non-hydrogen) atoms. The first-order valence-electron chi connectivity index (χ1n) is 4.45. The highest BCUT2D eigenvalue weighted by Gasteiger charge is 2.09. The summed E-state index contributed by atoms with van der Waals surface area (Å²) in [7, 11) is 1.15. The summed E-state index contributed by atoms with van der Waals surface area (Å²) in [5.41, 5.74) is 0. The van der Waals surface area contributed by atoms with Crippen LogP contribution in [0, 0.1) is 5.92 Å². The molecule has 4 nitrogen and oxygen atoms in total. The van der Waals surface area contributed by atoms with Crippen LogP contribution in [0.5, 0.6) is 0 Å². The minimum absolute atomic E-state index is 0.171. The van der Waals surface area contributed by atoms with Gasteiger partial charge in [-0.2, -0.15) is 0 Å². The Hall–Kier alpha value is -0.0951. The molecule has 0 saturated carbocycles. The van der Waals surface area contributed by atoms with E-state index in [1.165, 1.54) is 0 Å². The second kappa shape index (κ2) is 7.32. The number of aliphatic hydroxyl groups is 2. The van der Waals surface area contributed by atoms with E-state index >= 15 is 0 Å². The van der Waals surface area contributed by atoms with Gasteiger partial charge in [0, 0.05) is 0 Å². The molecule has 1 radical (unpaired) electrons. The normalized spacial score (nSPS) is 15.8. The van der Waals surface area contributed by atoms with Crippen LogP contribution in [-0.4, -0.2) is 43.3 Å². The maximum absolute atomic E-state index is 9.29. The first-order chi connectivity index (χ1) is 6.04. The minimum atomic E-state index is -0.505. The van der Waals surface area contributed by atoms with Gasteiger partial charge >= 0.3 is 7.69 Å². The van der Waals surface area contributed by atoms with Crippen molar-refractivity contribution in [2.24, 2.45) is 5.92 Å². The van der Waals surface area contributed by atoms with Crippen molar-refractivity contribution in [3.63, 3.8) is 0 Å². The minimum Gasteiger partial charge on any atom is -0.411 e. The topological polar surface area (TPSA) is 58.9 Å². The van der Waals surface area contributed by atoms with Crippen LogP contribution in [0.1, 0.15) is 20.8 Å². The zero-order valence-electron chi connectivity index (χ0n) is 8.43. The fraction of sp³-hybridized carbons (Fsp3) is 1.00. The fourth-order valence-electron chi connectivity index (χ4n) is 0.557. The standard InChI is InChI=1S/C8H18BO4/c1-6(2)8(11)5-13-9-12-4-7(3)10/h6-8,10-11H,4-5H2,1-3H3. The molecule has 2 atom stereocenters. The van der Waals surface area contributed by atoms with Crippen molar-refractivity contribution in [2.75, 3.05) is 13.2 Å². The Balaban J connectivity index is 3.16. The second-order valence-corrected chi connectivity index (χ2v) is 3.42. The predicted molar refractivity (Wildman–Crippen MR) is 50.2 cm³/mol. The Morgan fingerprint density at radius 3 is 2.08 bits per heavy atom. The molecular formula is C8H18BO4. The van der Waals surface area contributed by atoms with E-state index in [1.54, 1.807) is 6.92 Å². The van der Waals surface area contributed by atoms with Crippen LogP contribution in [0.4, 0.5) is 0 Å². The molecule has 0 bridgehead atoms. The SMILES string of the molecule is CC(O)CO[B]OCC(O)C(C)C. The lowest BCUT2D eigenvalue weighted by molar-refractivity contribution is 0.0532. The summed E-state index contributed by atoms with van der Waals surface area (Å²) >= 11 is 0. The molecule has 0 aromatic rings. The molecular weight excluding hydrogens is 171 g/mol. The van der Waals surface area contributed by atoms with Crippen molar-refractivity contribution in [1.29, 1.82) is 0 Å². The first kappa shape index (κ1) is 12.9. The van der Waals surface area contributed by atoms with Gasteiger partial charge in [-0.3, -0.25) is 0 Å². The summed E-state index contributed by atoms with van der Waals surface area (Å²) in [6.45, 7) is 5.86. The van der Waals surface area contributed by atoms with Gasteiger partial charge in [-0.1, -0.05) is 13.8 Å². The summed E-state index contributed by atoms with van der Waals surface area (Å²) in [4.78, 5) is 0. The molecule has 0 aliphatic carbocycles. The molecule has 0 aliphatic rings. The predicted octanol–water partition coefficient (Wildman–Crippen LogP) is -0.0485. The van der Waals surface area contributed by atoms with Gasteiger partial charge in [0.05, 0.1) is 25.4 Å². The zero-order valence-corrected chi connectivity index (χ0v) is 8.43. The molecule has 0 amide bonds. The fourth-order valence-corrected chi connectivity index (χ4v) is 0.557. The van der Waals surface area contributed by atoms with Crippen LogP contribution in [-0.2, 0) is 9.31 Å². The number of hydrogen-bond acceptors (Lipinski definition) is 4. The zero-order chi connectivity index (χ0) is 10.3. The monoisotopic (exact) mass is 189 g/mol. The molecule has 77 valence electrons. The maximum atomic E-state index is 9.29. The van der Waals surface area contributed by atoms with Gasteiger partial charge in [-0.05, 0) is 12.8 Å². The van der Waals surface area contributed by atoms with E-state index < -0.39 is 12.2 Å². The van der Waals surface area contributed by atoms with Crippen molar-refractivity contribution < 1.29 is 19.5 Å². The average molecular weight is 189 g/mol. The summed E-state index contributed by atoms with van der Waals surface area (Å²) in [6, 6.07) is 0. The Morgan fingerprint density at radius 1 is 1.08 bits per heavy atom. The van der Waals surface area contributed by atoms with Gasteiger partial charge in [0.1, 0.15) is 0 Å². The number of hydrogen-bond donors (Lipinski definition) is 2. The van der Waals surface area contributed by atoms with Gasteiger partial charge in [0.15, 0.2) is 0 Å². The third-order valence-corrected chi connectivity index (χ3v) is 1.51. The lowest BCUT2D eigenvalue weighted by Crippen LogP contribution is -2.24. The van der Waals surface area contributed by atoms with Gasteiger partial charge in [-0.15, -0.1) is 0 Å². The third kappa shape index (κ3) is 8.24. The molecule has 0 heterocycles. The van der Waals surface area contributed by atoms with Crippen molar-refractivity contribution in [2.45, 2.75) is 33.0 Å². The van der Waals surface area contributed by atoms with Crippen LogP contribution in [0.3, 0.4) is 0 Å². The van der Waals surface area contributed by atoms with E-state index in [2.05, 4.69) is 0 Å². The lowest BCUT2D eigenvalue weighted by atomic mass is 10.1. The molecule has 0 aromatic heterocycles. The molecule has 0 aliphatic heterocycles. The highest BCUT2D eigenvalue weighted by molar-refractivity contribution is 6.17. The highest BCUT2D eigenvalue weighted by Crippen LogP contribution is 2.00. The summed E-state index contributed by atoms with van der Waals surface area (Å²) < 4.78 is 9.72. The van der Waals surface area contributed by atoms with Crippen LogP contribution in [0.25, 0.3) is 0 Å². The van der Waals surface area contributed by atoms with E-state index in [1.807, 2.05) is 13.8 Å². The molecule has 2 unspecified atom stereocenters. The number of rotatable bonds is 7. The summed E-state index contributed by atoms with van der Waals surface area (Å²) in [5, 5.41) is 18.1. The largest absolute Gasteiger partial charge is 0.488 e. The molecule has 0 fully saturated rings. The van der Waals surface area contributed by atoms with Crippen molar-refractivity contribution in [3.8, 4) is 0 Å². The average Bonchev–Trinajstić information content (AvgIpc) is 2.02. The molecule has 0 rings (SSSR count). The van der Waals surface area contributed by atoms with E-state index in [0.717, 1.165) is 7.69 Å².